The predicted octanol–water partition coefficient (Wildman–Crippen LogP) is 1.73. The van der Waals surface area contributed by atoms with E-state index in [0.29, 0.717) is 0 Å². The molecule has 0 spiro atoms. The molecule has 0 aliphatic carbocycles. The van der Waals surface area contributed by atoms with Gasteiger partial charge < -0.3 is 15.6 Å². The van der Waals surface area contributed by atoms with Gasteiger partial charge in [-0.25, -0.2) is 4.79 Å². The molecular weight excluding hydrogens is 246 g/mol. The van der Waals surface area contributed by atoms with Gasteiger partial charge in [0.2, 0.25) is 6.10 Å². The summed E-state index contributed by atoms with van der Waals surface area (Å²) in [7, 11) is 0. The second-order valence-electron chi connectivity index (χ2n) is 4.48. The summed E-state index contributed by atoms with van der Waals surface area (Å²) in [6, 6.07) is 8.77. The highest BCUT2D eigenvalue weighted by Gasteiger charge is 2.39. The van der Waals surface area contributed by atoms with Gasteiger partial charge in [0, 0.05) is 5.56 Å². The summed E-state index contributed by atoms with van der Waals surface area (Å²) in [4.78, 5) is 20.6. The van der Waals surface area contributed by atoms with Crippen LogP contribution in [0.15, 0.2) is 30.3 Å². The highest BCUT2D eigenvalue weighted by atomic mass is 16.6. The van der Waals surface area contributed by atoms with Gasteiger partial charge in [-0.3, -0.25) is 4.79 Å². The number of ether oxygens (including phenoxy) is 1. The molecule has 1 aliphatic rings. The number of epoxide rings is 1. The molecule has 5 nitrogen and oxygen atoms in total. The van der Waals surface area contributed by atoms with Crippen LogP contribution in [-0.2, 0) is 14.3 Å². The molecule has 1 aromatic rings. The minimum atomic E-state index is -0.913. The summed E-state index contributed by atoms with van der Waals surface area (Å²) >= 11 is 0. The summed E-state index contributed by atoms with van der Waals surface area (Å²) in [5, 5.41) is 8.36. The number of benzene rings is 1. The minimum Gasteiger partial charge on any atom is -0.480 e. The lowest BCUT2D eigenvalue weighted by molar-refractivity contribution is -0.139. The van der Waals surface area contributed by atoms with Crippen molar-refractivity contribution >= 4 is 11.9 Å². The van der Waals surface area contributed by atoms with Crippen LogP contribution in [0.1, 0.15) is 31.9 Å². The van der Waals surface area contributed by atoms with E-state index in [4.69, 9.17) is 10.8 Å². The van der Waals surface area contributed by atoms with Crippen LogP contribution in [-0.4, -0.2) is 23.1 Å². The van der Waals surface area contributed by atoms with Crippen molar-refractivity contribution in [2.75, 3.05) is 0 Å². The molecule has 3 N–H and O–H groups in total. The van der Waals surface area contributed by atoms with E-state index < -0.39 is 12.0 Å². The molecule has 3 atom stereocenters. The molecular formula is C14H19NO4. The highest BCUT2D eigenvalue weighted by molar-refractivity contribution is 5.88. The van der Waals surface area contributed by atoms with Gasteiger partial charge in [-0.1, -0.05) is 50.6 Å². The quantitative estimate of drug-likeness (QED) is 0.809. The molecule has 0 saturated carbocycles. The van der Waals surface area contributed by atoms with E-state index in [2.05, 4.69) is 4.74 Å². The number of carboxylic acid groups (broad SMARTS) is 1. The maximum atomic E-state index is 10.5. The first-order chi connectivity index (χ1) is 8.97. The largest absolute Gasteiger partial charge is 0.480 e. The molecule has 1 heterocycles. The lowest BCUT2D eigenvalue weighted by Crippen LogP contribution is -2.36. The molecule has 1 fully saturated rings. The molecule has 1 aromatic carbocycles. The monoisotopic (exact) mass is 265 g/mol. The SMILES string of the molecule is CC[C@H](C)[C@H](N)C(=O)O.O=C1OC1c1ccccc1. The molecule has 1 unspecified atom stereocenters. The number of hydrogen-bond donors (Lipinski definition) is 2. The summed E-state index contributed by atoms with van der Waals surface area (Å²) in [6.45, 7) is 3.76. The van der Waals surface area contributed by atoms with E-state index in [1.165, 1.54) is 0 Å². The molecule has 104 valence electrons. The van der Waals surface area contributed by atoms with Crippen molar-refractivity contribution in [3.63, 3.8) is 0 Å². The van der Waals surface area contributed by atoms with Gasteiger partial charge in [0.15, 0.2) is 0 Å². The average Bonchev–Trinajstić information content (AvgIpc) is 3.15. The third-order valence-electron chi connectivity index (χ3n) is 3.04. The van der Waals surface area contributed by atoms with Crippen LogP contribution in [0, 0.1) is 5.92 Å². The second-order valence-corrected chi connectivity index (χ2v) is 4.48. The Hall–Kier alpha value is -1.88. The van der Waals surface area contributed by atoms with E-state index in [1.54, 1.807) is 0 Å². The molecule has 2 rings (SSSR count). The first-order valence-electron chi connectivity index (χ1n) is 6.21. The standard InChI is InChI=1S/C8H6O2.C6H13NO2/c9-8-7(10-8)6-4-2-1-3-5-6;1-3-4(2)5(7)6(8)9/h1-5,7H;4-5H,3,7H2,1-2H3,(H,8,9)/t;4-,5-/m.0/s1. The van der Waals surface area contributed by atoms with Crippen molar-refractivity contribution in [1.29, 1.82) is 0 Å². The summed E-state index contributed by atoms with van der Waals surface area (Å²) < 4.78 is 4.66. The fourth-order valence-corrected chi connectivity index (χ4v) is 1.41. The lowest BCUT2D eigenvalue weighted by atomic mass is 10.0. The molecule has 1 aliphatic heterocycles. The molecule has 1 saturated heterocycles. The maximum absolute atomic E-state index is 10.5. The Morgan fingerprint density at radius 2 is 1.95 bits per heavy atom. The van der Waals surface area contributed by atoms with Crippen LogP contribution in [0.25, 0.3) is 0 Å². The molecule has 5 heteroatoms. The zero-order valence-electron chi connectivity index (χ0n) is 11.1. The zero-order valence-corrected chi connectivity index (χ0v) is 11.1. The smallest absolute Gasteiger partial charge is 0.353 e. The summed E-state index contributed by atoms with van der Waals surface area (Å²) in [6.07, 6.45) is 0.550. The number of hydrogen-bond acceptors (Lipinski definition) is 4. The van der Waals surface area contributed by atoms with Gasteiger partial charge in [0.1, 0.15) is 6.04 Å². The van der Waals surface area contributed by atoms with Crippen molar-refractivity contribution in [3.05, 3.63) is 35.9 Å². The Labute approximate surface area is 112 Å². The number of carbonyl (C=O) groups is 2. The number of rotatable bonds is 4. The fraction of sp³-hybridized carbons (Fsp3) is 0.429. The number of nitrogens with two attached hydrogens (primary N) is 1. The Balaban J connectivity index is 0.000000192. The Kier molecular flexibility index (Phi) is 5.51. The summed E-state index contributed by atoms with van der Waals surface area (Å²) in [5.74, 6) is -0.960. The first-order valence-corrected chi connectivity index (χ1v) is 6.21. The maximum Gasteiger partial charge on any atom is 0.353 e. The van der Waals surface area contributed by atoms with E-state index in [9.17, 15) is 9.59 Å². The van der Waals surface area contributed by atoms with E-state index in [0.717, 1.165) is 12.0 Å². The number of carbonyl (C=O) groups excluding carboxylic acids is 1. The fourth-order valence-electron chi connectivity index (χ4n) is 1.41. The highest BCUT2D eigenvalue weighted by Crippen LogP contribution is 2.30. The van der Waals surface area contributed by atoms with E-state index in [-0.39, 0.29) is 18.0 Å². The molecule has 0 bridgehead atoms. The van der Waals surface area contributed by atoms with Crippen LogP contribution in [0.3, 0.4) is 0 Å². The van der Waals surface area contributed by atoms with Crippen LogP contribution in [0.4, 0.5) is 0 Å². The van der Waals surface area contributed by atoms with Crippen molar-refractivity contribution in [3.8, 4) is 0 Å². The Bertz CT molecular complexity index is 432. The predicted molar refractivity (Wildman–Crippen MR) is 70.3 cm³/mol. The van der Waals surface area contributed by atoms with Crippen molar-refractivity contribution < 1.29 is 19.4 Å². The number of carboxylic acids is 1. The molecule has 0 radical (unpaired) electrons. The third-order valence-corrected chi connectivity index (χ3v) is 3.04. The van der Waals surface area contributed by atoms with Gasteiger partial charge in [0.05, 0.1) is 0 Å². The van der Waals surface area contributed by atoms with E-state index in [1.807, 2.05) is 44.2 Å². The number of aliphatic carboxylic acids is 1. The van der Waals surface area contributed by atoms with Crippen LogP contribution in [0.5, 0.6) is 0 Å². The van der Waals surface area contributed by atoms with E-state index >= 15 is 0 Å². The Morgan fingerprint density at radius 3 is 2.26 bits per heavy atom. The summed E-state index contributed by atoms with van der Waals surface area (Å²) in [5.41, 5.74) is 6.22. The van der Waals surface area contributed by atoms with Gasteiger partial charge >= 0.3 is 11.9 Å². The molecule has 0 aromatic heterocycles. The minimum absolute atomic E-state index is 0.0718. The average molecular weight is 265 g/mol. The zero-order chi connectivity index (χ0) is 14.4. The van der Waals surface area contributed by atoms with Gasteiger partial charge in [-0.2, -0.15) is 0 Å². The van der Waals surface area contributed by atoms with Crippen LogP contribution >= 0.6 is 0 Å². The normalized spacial score (nSPS) is 19.5. The topological polar surface area (TPSA) is 92.9 Å². The van der Waals surface area contributed by atoms with Crippen molar-refractivity contribution in [2.24, 2.45) is 11.7 Å². The van der Waals surface area contributed by atoms with Gasteiger partial charge in [-0.05, 0) is 5.92 Å². The molecule has 19 heavy (non-hydrogen) atoms. The van der Waals surface area contributed by atoms with Gasteiger partial charge in [-0.15, -0.1) is 0 Å². The van der Waals surface area contributed by atoms with Crippen LogP contribution in [0.2, 0.25) is 0 Å². The third kappa shape index (κ3) is 4.71. The number of cyclic esters (lactones) is 1. The van der Waals surface area contributed by atoms with Crippen molar-refractivity contribution in [1.82, 2.24) is 0 Å². The van der Waals surface area contributed by atoms with Gasteiger partial charge in [0.25, 0.3) is 0 Å². The molecule has 0 amide bonds. The second kappa shape index (κ2) is 6.89. The first kappa shape index (κ1) is 15.2. The van der Waals surface area contributed by atoms with Crippen molar-refractivity contribution in [2.45, 2.75) is 32.4 Å². The lowest BCUT2D eigenvalue weighted by Gasteiger charge is -2.11. The van der Waals surface area contributed by atoms with Crippen LogP contribution < -0.4 is 5.73 Å². The Morgan fingerprint density at radius 1 is 1.42 bits per heavy atom.